The summed E-state index contributed by atoms with van der Waals surface area (Å²) in [5.74, 6) is 1.01. The lowest BCUT2D eigenvalue weighted by Gasteiger charge is -2.23. The standard InChI is InChI=1S/C14H22BrNO/c1-6-7-12(16-4)13-10(3)11(15)8-9(2)14(13)17-5/h8,12,16H,6-7H2,1-5H3. The summed E-state index contributed by atoms with van der Waals surface area (Å²) in [5, 5.41) is 3.39. The number of nitrogens with one attached hydrogen (secondary N) is 1. The van der Waals surface area contributed by atoms with Crippen LogP contribution in [0.1, 0.15) is 42.5 Å². The Hall–Kier alpha value is -0.540. The Morgan fingerprint density at radius 3 is 2.53 bits per heavy atom. The van der Waals surface area contributed by atoms with Crippen molar-refractivity contribution in [3.63, 3.8) is 0 Å². The van der Waals surface area contributed by atoms with Crippen LogP contribution in [0.4, 0.5) is 0 Å². The summed E-state index contributed by atoms with van der Waals surface area (Å²) in [4.78, 5) is 0. The van der Waals surface area contributed by atoms with E-state index in [2.05, 4.69) is 48.1 Å². The van der Waals surface area contributed by atoms with Crippen LogP contribution in [0.3, 0.4) is 0 Å². The smallest absolute Gasteiger partial charge is 0.126 e. The molecule has 0 aliphatic heterocycles. The second-order valence-corrected chi connectivity index (χ2v) is 5.23. The van der Waals surface area contributed by atoms with Crippen LogP contribution in [0.2, 0.25) is 0 Å². The molecule has 1 rings (SSSR count). The molecule has 0 bridgehead atoms. The second kappa shape index (κ2) is 6.41. The van der Waals surface area contributed by atoms with E-state index >= 15 is 0 Å². The van der Waals surface area contributed by atoms with Gasteiger partial charge in [0.2, 0.25) is 0 Å². The molecule has 1 N–H and O–H groups in total. The maximum Gasteiger partial charge on any atom is 0.126 e. The molecule has 3 heteroatoms. The van der Waals surface area contributed by atoms with E-state index in [1.165, 1.54) is 16.7 Å². The summed E-state index contributed by atoms with van der Waals surface area (Å²) in [5.41, 5.74) is 3.72. The second-order valence-electron chi connectivity index (χ2n) is 4.38. The van der Waals surface area contributed by atoms with Gasteiger partial charge in [0, 0.05) is 16.1 Å². The minimum Gasteiger partial charge on any atom is -0.496 e. The monoisotopic (exact) mass is 299 g/mol. The van der Waals surface area contributed by atoms with Crippen molar-refractivity contribution in [2.75, 3.05) is 14.2 Å². The van der Waals surface area contributed by atoms with Gasteiger partial charge in [-0.15, -0.1) is 0 Å². The number of hydrogen-bond acceptors (Lipinski definition) is 2. The Kier molecular flexibility index (Phi) is 5.47. The highest BCUT2D eigenvalue weighted by Gasteiger charge is 2.19. The molecule has 2 nitrogen and oxygen atoms in total. The zero-order valence-corrected chi connectivity index (χ0v) is 12.9. The van der Waals surface area contributed by atoms with Gasteiger partial charge in [-0.05, 0) is 44.5 Å². The molecular formula is C14H22BrNO. The Morgan fingerprint density at radius 1 is 1.41 bits per heavy atom. The van der Waals surface area contributed by atoms with Gasteiger partial charge in [0.05, 0.1) is 7.11 Å². The Labute approximate surface area is 113 Å². The topological polar surface area (TPSA) is 21.3 Å². The molecule has 0 heterocycles. The number of halogens is 1. The Balaban J connectivity index is 3.36. The van der Waals surface area contributed by atoms with E-state index in [4.69, 9.17) is 4.74 Å². The van der Waals surface area contributed by atoms with E-state index in [9.17, 15) is 0 Å². The third-order valence-corrected chi connectivity index (χ3v) is 4.01. The van der Waals surface area contributed by atoms with Crippen LogP contribution in [-0.2, 0) is 0 Å². The quantitative estimate of drug-likeness (QED) is 0.882. The zero-order chi connectivity index (χ0) is 13.0. The average molecular weight is 300 g/mol. The largest absolute Gasteiger partial charge is 0.496 e. The third-order valence-electron chi connectivity index (χ3n) is 3.19. The summed E-state index contributed by atoms with van der Waals surface area (Å²) in [6, 6.07) is 2.47. The first-order valence-corrected chi connectivity index (χ1v) is 6.86. The van der Waals surface area contributed by atoms with Gasteiger partial charge >= 0.3 is 0 Å². The Bertz CT molecular complexity index is 390. The molecule has 0 saturated heterocycles. The van der Waals surface area contributed by atoms with Crippen LogP contribution in [0, 0.1) is 13.8 Å². The van der Waals surface area contributed by atoms with E-state index in [1.807, 2.05) is 7.05 Å². The minimum absolute atomic E-state index is 0.353. The van der Waals surface area contributed by atoms with E-state index < -0.39 is 0 Å². The number of aryl methyl sites for hydroxylation is 1. The highest BCUT2D eigenvalue weighted by Crippen LogP contribution is 2.37. The lowest BCUT2D eigenvalue weighted by atomic mass is 9.94. The lowest BCUT2D eigenvalue weighted by molar-refractivity contribution is 0.394. The van der Waals surface area contributed by atoms with Crippen molar-refractivity contribution < 1.29 is 4.74 Å². The SMILES string of the molecule is CCCC(NC)c1c(C)c(Br)cc(C)c1OC. The fourth-order valence-electron chi connectivity index (χ4n) is 2.29. The Morgan fingerprint density at radius 2 is 2.06 bits per heavy atom. The summed E-state index contributed by atoms with van der Waals surface area (Å²) >= 11 is 3.63. The number of rotatable bonds is 5. The van der Waals surface area contributed by atoms with Gasteiger partial charge in [0.1, 0.15) is 5.75 Å². The number of benzene rings is 1. The van der Waals surface area contributed by atoms with Gasteiger partial charge in [0.25, 0.3) is 0 Å². The van der Waals surface area contributed by atoms with Crippen molar-refractivity contribution in [1.29, 1.82) is 0 Å². The molecule has 0 aliphatic rings. The summed E-state index contributed by atoms with van der Waals surface area (Å²) in [7, 11) is 3.76. The van der Waals surface area contributed by atoms with Gasteiger partial charge in [-0.3, -0.25) is 0 Å². The predicted octanol–water partition coefficient (Wildman–Crippen LogP) is 4.14. The summed E-state index contributed by atoms with van der Waals surface area (Å²) in [6.07, 6.45) is 2.27. The highest BCUT2D eigenvalue weighted by molar-refractivity contribution is 9.10. The molecule has 0 spiro atoms. The maximum atomic E-state index is 5.58. The fourth-order valence-corrected chi connectivity index (χ4v) is 2.84. The van der Waals surface area contributed by atoms with Crippen molar-refractivity contribution in [3.05, 3.63) is 27.2 Å². The van der Waals surface area contributed by atoms with E-state index in [0.29, 0.717) is 6.04 Å². The van der Waals surface area contributed by atoms with Gasteiger partial charge in [0.15, 0.2) is 0 Å². The molecule has 0 aromatic heterocycles. The molecule has 0 radical (unpaired) electrons. The first-order chi connectivity index (χ1) is 8.06. The third kappa shape index (κ3) is 3.02. The van der Waals surface area contributed by atoms with Crippen LogP contribution in [-0.4, -0.2) is 14.2 Å². The number of methoxy groups -OCH3 is 1. The molecule has 0 amide bonds. The predicted molar refractivity (Wildman–Crippen MR) is 76.9 cm³/mol. The molecule has 0 fully saturated rings. The van der Waals surface area contributed by atoms with Crippen molar-refractivity contribution in [1.82, 2.24) is 5.32 Å². The molecule has 1 unspecified atom stereocenters. The van der Waals surface area contributed by atoms with Crippen LogP contribution in [0.15, 0.2) is 10.5 Å². The average Bonchev–Trinajstić information content (AvgIpc) is 2.31. The first-order valence-electron chi connectivity index (χ1n) is 6.07. The molecular weight excluding hydrogens is 278 g/mol. The van der Waals surface area contributed by atoms with Crippen LogP contribution in [0.5, 0.6) is 5.75 Å². The normalized spacial score (nSPS) is 12.6. The van der Waals surface area contributed by atoms with Gasteiger partial charge in [-0.2, -0.15) is 0 Å². The number of hydrogen-bond donors (Lipinski definition) is 1. The number of ether oxygens (including phenoxy) is 1. The molecule has 1 aromatic rings. The highest BCUT2D eigenvalue weighted by atomic mass is 79.9. The minimum atomic E-state index is 0.353. The zero-order valence-electron chi connectivity index (χ0n) is 11.4. The summed E-state index contributed by atoms with van der Waals surface area (Å²) < 4.78 is 6.74. The molecule has 0 saturated carbocycles. The van der Waals surface area contributed by atoms with Gasteiger partial charge < -0.3 is 10.1 Å². The first kappa shape index (κ1) is 14.5. The maximum absolute atomic E-state index is 5.58. The van der Waals surface area contributed by atoms with Crippen molar-refractivity contribution in [3.8, 4) is 5.75 Å². The van der Waals surface area contributed by atoms with Crippen LogP contribution >= 0.6 is 15.9 Å². The lowest BCUT2D eigenvalue weighted by Crippen LogP contribution is -2.18. The van der Waals surface area contributed by atoms with Gasteiger partial charge in [-0.1, -0.05) is 29.3 Å². The molecule has 96 valence electrons. The summed E-state index contributed by atoms with van der Waals surface area (Å²) in [6.45, 7) is 6.43. The molecule has 1 aromatic carbocycles. The van der Waals surface area contributed by atoms with E-state index in [-0.39, 0.29) is 0 Å². The van der Waals surface area contributed by atoms with Gasteiger partial charge in [-0.25, -0.2) is 0 Å². The molecule has 0 aliphatic carbocycles. The molecule has 17 heavy (non-hydrogen) atoms. The van der Waals surface area contributed by atoms with Crippen molar-refractivity contribution >= 4 is 15.9 Å². The van der Waals surface area contributed by atoms with Crippen LogP contribution < -0.4 is 10.1 Å². The van der Waals surface area contributed by atoms with E-state index in [0.717, 1.165) is 23.1 Å². The van der Waals surface area contributed by atoms with Crippen molar-refractivity contribution in [2.24, 2.45) is 0 Å². The fraction of sp³-hybridized carbons (Fsp3) is 0.571. The molecule has 1 atom stereocenters. The van der Waals surface area contributed by atoms with E-state index in [1.54, 1.807) is 7.11 Å². The van der Waals surface area contributed by atoms with Crippen LogP contribution in [0.25, 0.3) is 0 Å². The van der Waals surface area contributed by atoms with Crippen molar-refractivity contribution in [2.45, 2.75) is 39.7 Å².